The van der Waals surface area contributed by atoms with Crippen molar-refractivity contribution in [3.05, 3.63) is 28.8 Å². The fourth-order valence-electron chi connectivity index (χ4n) is 3.89. The molecular weight excluding hydrogens is 386 g/mol. The number of anilines is 1. The molecule has 3 nitrogen and oxygen atoms in total. The summed E-state index contributed by atoms with van der Waals surface area (Å²) in [6, 6.07) is 5.53. The Balaban J connectivity index is 3.33. The second kappa shape index (κ2) is 9.37. The standard InChI is InChI=1S/C23H36ClNO2Si/c1-16(2)28(17(3)4,18(5)6)12-11-19-13-20(24)15-21(14-19)25(10)22(26)27-23(7,8)9/h13-18H,1-10H3. The minimum absolute atomic E-state index is 0.413. The first kappa shape index (κ1) is 24.6. The van der Waals surface area contributed by atoms with Gasteiger partial charge in [-0.3, -0.25) is 4.90 Å². The molecule has 0 atom stereocenters. The second-order valence-corrected chi connectivity index (χ2v) is 15.4. The van der Waals surface area contributed by atoms with Gasteiger partial charge in [0, 0.05) is 23.3 Å². The summed E-state index contributed by atoms with van der Waals surface area (Å²) in [5.41, 5.74) is 6.34. The maximum absolute atomic E-state index is 12.4. The first-order chi connectivity index (χ1) is 12.7. The molecule has 0 aliphatic carbocycles. The van der Waals surface area contributed by atoms with E-state index >= 15 is 0 Å². The second-order valence-electron chi connectivity index (χ2n) is 9.38. The van der Waals surface area contributed by atoms with Gasteiger partial charge < -0.3 is 4.74 Å². The van der Waals surface area contributed by atoms with Gasteiger partial charge in [-0.1, -0.05) is 59.1 Å². The first-order valence-corrected chi connectivity index (χ1v) is 12.6. The summed E-state index contributed by atoms with van der Waals surface area (Å²) < 4.78 is 5.46. The van der Waals surface area contributed by atoms with Crippen LogP contribution in [0.4, 0.5) is 10.5 Å². The maximum Gasteiger partial charge on any atom is 0.414 e. The van der Waals surface area contributed by atoms with Crippen LogP contribution < -0.4 is 4.90 Å². The first-order valence-electron chi connectivity index (χ1n) is 10.0. The summed E-state index contributed by atoms with van der Waals surface area (Å²) in [6.07, 6.45) is -0.413. The zero-order valence-corrected chi connectivity index (χ0v) is 20.9. The van der Waals surface area contributed by atoms with Gasteiger partial charge in [-0.15, -0.1) is 5.54 Å². The van der Waals surface area contributed by atoms with Crippen LogP contribution in [0, 0.1) is 11.5 Å². The van der Waals surface area contributed by atoms with E-state index < -0.39 is 19.8 Å². The molecule has 0 aliphatic rings. The maximum atomic E-state index is 12.4. The van der Waals surface area contributed by atoms with E-state index in [1.807, 2.05) is 32.9 Å². The monoisotopic (exact) mass is 421 g/mol. The Bertz CT molecular complexity index is 732. The molecule has 1 aromatic rings. The van der Waals surface area contributed by atoms with Gasteiger partial charge in [0.25, 0.3) is 0 Å². The fourth-order valence-corrected chi connectivity index (χ4v) is 9.35. The van der Waals surface area contributed by atoms with Crippen LogP contribution in [0.2, 0.25) is 21.6 Å². The average Bonchev–Trinajstić information content (AvgIpc) is 2.51. The summed E-state index contributed by atoms with van der Waals surface area (Å²) in [6.45, 7) is 19.3. The molecule has 0 saturated carbocycles. The zero-order valence-electron chi connectivity index (χ0n) is 19.1. The van der Waals surface area contributed by atoms with Crippen LogP contribution >= 0.6 is 11.6 Å². The fraction of sp³-hybridized carbons (Fsp3) is 0.609. The molecular formula is C23H36ClNO2Si. The number of halogens is 1. The Morgan fingerprint density at radius 3 is 1.96 bits per heavy atom. The van der Waals surface area contributed by atoms with E-state index in [1.54, 1.807) is 13.1 Å². The molecule has 0 unspecified atom stereocenters. The highest BCUT2D eigenvalue weighted by molar-refractivity contribution is 6.90. The lowest BCUT2D eigenvalue weighted by atomic mass is 10.2. The van der Waals surface area contributed by atoms with Gasteiger partial charge in [-0.05, 0) is 55.6 Å². The van der Waals surface area contributed by atoms with E-state index in [2.05, 4.69) is 53.0 Å². The molecule has 0 spiro atoms. The van der Waals surface area contributed by atoms with Crippen LogP contribution in [-0.2, 0) is 4.74 Å². The minimum Gasteiger partial charge on any atom is -0.443 e. The molecule has 0 aliphatic heterocycles. The van der Waals surface area contributed by atoms with Crippen molar-refractivity contribution in [1.29, 1.82) is 0 Å². The third-order valence-electron chi connectivity index (χ3n) is 5.23. The Labute approximate surface area is 177 Å². The number of amides is 1. The van der Waals surface area contributed by atoms with Gasteiger partial charge in [0.05, 0.1) is 0 Å². The minimum atomic E-state index is -1.84. The molecule has 0 bridgehead atoms. The molecule has 0 saturated heterocycles. The van der Waals surface area contributed by atoms with Crippen molar-refractivity contribution in [2.75, 3.05) is 11.9 Å². The predicted octanol–water partition coefficient (Wildman–Crippen LogP) is 7.28. The van der Waals surface area contributed by atoms with Crippen molar-refractivity contribution in [2.24, 2.45) is 0 Å². The van der Waals surface area contributed by atoms with Gasteiger partial charge in [0.1, 0.15) is 13.7 Å². The Hall–Kier alpha value is -1.44. The number of carbonyl (C=O) groups is 1. The van der Waals surface area contributed by atoms with E-state index in [9.17, 15) is 4.79 Å². The van der Waals surface area contributed by atoms with Crippen LogP contribution in [0.3, 0.4) is 0 Å². The summed E-state index contributed by atoms with van der Waals surface area (Å²) in [5.74, 6) is 3.40. The third kappa shape index (κ3) is 6.03. The molecule has 0 aromatic heterocycles. The van der Waals surface area contributed by atoms with Crippen LogP contribution in [0.1, 0.15) is 67.9 Å². The molecule has 1 amide bonds. The number of hydrogen-bond acceptors (Lipinski definition) is 2. The summed E-state index contributed by atoms with van der Waals surface area (Å²) >= 11 is 6.33. The smallest absolute Gasteiger partial charge is 0.414 e. The van der Waals surface area contributed by atoms with E-state index in [4.69, 9.17) is 16.3 Å². The molecule has 28 heavy (non-hydrogen) atoms. The molecule has 156 valence electrons. The zero-order chi connectivity index (χ0) is 21.9. The third-order valence-corrected chi connectivity index (χ3v) is 11.7. The lowest BCUT2D eigenvalue weighted by Gasteiger charge is -2.38. The van der Waals surface area contributed by atoms with Crippen LogP contribution in [0.25, 0.3) is 0 Å². The van der Waals surface area contributed by atoms with Crippen LogP contribution in [0.15, 0.2) is 18.2 Å². The molecule has 5 heteroatoms. The number of rotatable bonds is 4. The Morgan fingerprint density at radius 1 is 1.04 bits per heavy atom. The Morgan fingerprint density at radius 2 is 1.54 bits per heavy atom. The largest absolute Gasteiger partial charge is 0.443 e. The SMILES string of the molecule is CC(C)[Si](C#Cc1cc(Cl)cc(N(C)C(=O)OC(C)(C)C)c1)(C(C)C)C(C)C. The van der Waals surface area contributed by atoms with Gasteiger partial charge in [0.15, 0.2) is 0 Å². The van der Waals surface area contributed by atoms with Crippen molar-refractivity contribution < 1.29 is 9.53 Å². The van der Waals surface area contributed by atoms with Gasteiger partial charge in [0.2, 0.25) is 0 Å². The normalized spacial score (nSPS) is 12.2. The molecule has 0 heterocycles. The number of hydrogen-bond donors (Lipinski definition) is 0. The van der Waals surface area contributed by atoms with Crippen molar-refractivity contribution >= 4 is 31.5 Å². The van der Waals surface area contributed by atoms with E-state index in [-0.39, 0.29) is 0 Å². The molecule has 0 radical (unpaired) electrons. The molecule has 0 fully saturated rings. The molecule has 1 rings (SSSR count). The lowest BCUT2D eigenvalue weighted by Crippen LogP contribution is -2.43. The molecule has 0 N–H and O–H groups in total. The quantitative estimate of drug-likeness (QED) is 0.377. The lowest BCUT2D eigenvalue weighted by molar-refractivity contribution is 0.0589. The van der Waals surface area contributed by atoms with Crippen LogP contribution in [-0.4, -0.2) is 26.8 Å². The number of carbonyl (C=O) groups excluding carboxylic acids is 1. The van der Waals surface area contributed by atoms with Gasteiger partial charge >= 0.3 is 6.09 Å². The summed E-state index contributed by atoms with van der Waals surface area (Å²) in [7, 11) is -0.148. The van der Waals surface area contributed by atoms with E-state index in [1.165, 1.54) is 4.90 Å². The summed E-state index contributed by atoms with van der Waals surface area (Å²) in [4.78, 5) is 13.9. The number of benzene rings is 1. The highest BCUT2D eigenvalue weighted by Crippen LogP contribution is 2.40. The van der Waals surface area contributed by atoms with Crippen molar-refractivity contribution in [2.45, 2.75) is 84.5 Å². The van der Waals surface area contributed by atoms with Gasteiger partial charge in [-0.25, -0.2) is 4.79 Å². The van der Waals surface area contributed by atoms with Crippen molar-refractivity contribution in [3.63, 3.8) is 0 Å². The number of ether oxygens (including phenoxy) is 1. The predicted molar refractivity (Wildman–Crippen MR) is 124 cm³/mol. The van der Waals surface area contributed by atoms with Crippen LogP contribution in [0.5, 0.6) is 0 Å². The average molecular weight is 422 g/mol. The van der Waals surface area contributed by atoms with Crippen molar-refractivity contribution in [1.82, 2.24) is 0 Å². The molecule has 1 aromatic carbocycles. The Kier molecular flexibility index (Phi) is 8.23. The van der Waals surface area contributed by atoms with Crippen molar-refractivity contribution in [3.8, 4) is 11.5 Å². The number of nitrogens with zero attached hydrogens (tertiary/aromatic N) is 1. The van der Waals surface area contributed by atoms with E-state index in [0.717, 1.165) is 5.56 Å². The highest BCUT2D eigenvalue weighted by atomic mass is 35.5. The van der Waals surface area contributed by atoms with Gasteiger partial charge in [-0.2, -0.15) is 0 Å². The topological polar surface area (TPSA) is 29.5 Å². The highest BCUT2D eigenvalue weighted by Gasteiger charge is 2.41. The summed E-state index contributed by atoms with van der Waals surface area (Å²) in [5, 5.41) is 0.558. The van der Waals surface area contributed by atoms with E-state index in [0.29, 0.717) is 27.3 Å².